The van der Waals surface area contributed by atoms with Crippen LogP contribution in [-0.4, -0.2) is 56.8 Å². The number of sulfonamides is 1. The van der Waals surface area contributed by atoms with E-state index in [1.54, 1.807) is 0 Å². The molecule has 2 N–H and O–H groups in total. The zero-order chi connectivity index (χ0) is 22.3. The lowest BCUT2D eigenvalue weighted by atomic mass is 9.86. The van der Waals surface area contributed by atoms with Crippen molar-refractivity contribution in [2.45, 2.75) is 23.5 Å². The van der Waals surface area contributed by atoms with Gasteiger partial charge in [-0.2, -0.15) is 4.31 Å². The maximum atomic E-state index is 13.1. The zero-order valence-electron chi connectivity index (χ0n) is 16.1. The molecule has 2 atom stereocenters. The van der Waals surface area contributed by atoms with Gasteiger partial charge in [-0.1, -0.05) is 29.9 Å². The number of pyridine rings is 1. The van der Waals surface area contributed by atoms with Crippen molar-refractivity contribution in [1.82, 2.24) is 24.2 Å². The van der Waals surface area contributed by atoms with E-state index in [0.29, 0.717) is 35.0 Å². The topological polar surface area (TPSA) is 129 Å². The average molecular weight is 486 g/mol. The highest BCUT2D eigenvalue weighted by Crippen LogP contribution is 2.38. The summed E-state index contributed by atoms with van der Waals surface area (Å²) < 4.78 is 40.2. The second-order valence-electron chi connectivity index (χ2n) is 7.18. The molecule has 0 amide bonds. The lowest BCUT2D eigenvalue weighted by Gasteiger charge is -2.35. The molecule has 1 aliphatic rings. The summed E-state index contributed by atoms with van der Waals surface area (Å²) in [6, 6.07) is 2.77. The van der Waals surface area contributed by atoms with E-state index in [-0.39, 0.29) is 39.3 Å². The summed E-state index contributed by atoms with van der Waals surface area (Å²) in [4.78, 5) is 26.1. The Morgan fingerprint density at radius 1 is 1.35 bits per heavy atom. The number of aromatic nitrogens is 4. The molecular formula is C18H17ClFN5O4S2. The maximum Gasteiger partial charge on any atom is 0.365 e. The van der Waals surface area contributed by atoms with E-state index < -0.39 is 21.8 Å². The zero-order valence-corrected chi connectivity index (χ0v) is 18.5. The summed E-state index contributed by atoms with van der Waals surface area (Å²) in [6.45, 7) is 2.37. The van der Waals surface area contributed by atoms with Crippen LogP contribution in [0.3, 0.4) is 0 Å². The molecule has 4 heterocycles. The number of carboxylic acids is 1. The average Bonchev–Trinajstić information content (AvgIpc) is 3.36. The standard InChI is InChI=1S/C18H17ClFN5O4S2/c1-9-8-25(31(28,29)13-7-22-17(30-13)18(26)27)5-4-11(9)14-15(19)24-16(23-14)12-3-2-10(20)6-21-12/h2-3,6-7,9,11H,4-5,8H2,1H3,(H,23,24)(H,26,27)/t9-,11+/m0/s1. The van der Waals surface area contributed by atoms with Gasteiger partial charge in [-0.3, -0.25) is 0 Å². The fraction of sp³-hybridized carbons (Fsp3) is 0.333. The van der Waals surface area contributed by atoms with Crippen molar-refractivity contribution in [2.75, 3.05) is 13.1 Å². The summed E-state index contributed by atoms with van der Waals surface area (Å²) in [5, 5.41) is 8.99. The molecule has 31 heavy (non-hydrogen) atoms. The van der Waals surface area contributed by atoms with Crippen LogP contribution in [0.5, 0.6) is 0 Å². The van der Waals surface area contributed by atoms with Crippen molar-refractivity contribution in [2.24, 2.45) is 5.92 Å². The number of piperidine rings is 1. The molecule has 1 aliphatic heterocycles. The predicted octanol–water partition coefficient (Wildman–Crippen LogP) is 3.23. The molecule has 1 fully saturated rings. The van der Waals surface area contributed by atoms with Gasteiger partial charge in [0.2, 0.25) is 5.01 Å². The molecule has 0 bridgehead atoms. The first-order valence-corrected chi connectivity index (χ1v) is 11.9. The van der Waals surface area contributed by atoms with Crippen molar-refractivity contribution >= 4 is 38.9 Å². The number of carboxylic acid groups (broad SMARTS) is 1. The SMILES string of the molecule is C[C@H]1CN(S(=O)(=O)c2cnc(C(=O)O)s2)CC[C@H]1c1[nH]c(-c2ccc(F)cn2)nc1Cl. The minimum Gasteiger partial charge on any atom is -0.476 e. The summed E-state index contributed by atoms with van der Waals surface area (Å²) in [7, 11) is -3.84. The molecule has 0 spiro atoms. The molecular weight excluding hydrogens is 469 g/mol. The molecule has 13 heteroatoms. The number of hydrogen-bond donors (Lipinski definition) is 2. The molecule has 0 aromatic carbocycles. The van der Waals surface area contributed by atoms with Crippen LogP contribution < -0.4 is 0 Å². The Morgan fingerprint density at radius 3 is 2.74 bits per heavy atom. The molecule has 1 saturated heterocycles. The second-order valence-corrected chi connectivity index (χ2v) is 10.7. The van der Waals surface area contributed by atoms with Crippen molar-refractivity contribution in [1.29, 1.82) is 0 Å². The van der Waals surface area contributed by atoms with Gasteiger partial charge >= 0.3 is 5.97 Å². The second kappa shape index (κ2) is 8.26. The third kappa shape index (κ3) is 4.20. The first-order chi connectivity index (χ1) is 14.7. The monoisotopic (exact) mass is 485 g/mol. The van der Waals surface area contributed by atoms with Gasteiger partial charge in [-0.25, -0.2) is 32.6 Å². The summed E-state index contributed by atoms with van der Waals surface area (Å²) in [5.74, 6) is -1.48. The molecule has 9 nitrogen and oxygen atoms in total. The Balaban J connectivity index is 1.53. The van der Waals surface area contributed by atoms with Gasteiger partial charge < -0.3 is 10.1 Å². The number of imidazole rings is 1. The molecule has 164 valence electrons. The number of nitrogens with one attached hydrogen (secondary N) is 1. The summed E-state index contributed by atoms with van der Waals surface area (Å²) in [6.07, 6.45) is 2.66. The van der Waals surface area contributed by atoms with E-state index in [0.717, 1.165) is 12.4 Å². The number of nitrogens with zero attached hydrogens (tertiary/aromatic N) is 4. The van der Waals surface area contributed by atoms with E-state index in [2.05, 4.69) is 19.9 Å². The Bertz CT molecular complexity index is 1230. The van der Waals surface area contributed by atoms with Crippen LogP contribution in [-0.2, 0) is 10.0 Å². The number of thiazole rings is 1. The minimum absolute atomic E-state index is 0.0725. The third-order valence-corrected chi connectivity index (χ3v) is 8.73. The predicted molar refractivity (Wildman–Crippen MR) is 111 cm³/mol. The van der Waals surface area contributed by atoms with Crippen LogP contribution in [0.1, 0.15) is 34.8 Å². The van der Waals surface area contributed by atoms with Crippen molar-refractivity contribution in [3.63, 3.8) is 0 Å². The van der Waals surface area contributed by atoms with Crippen LogP contribution in [0.15, 0.2) is 28.7 Å². The smallest absolute Gasteiger partial charge is 0.365 e. The van der Waals surface area contributed by atoms with Gasteiger partial charge in [0.25, 0.3) is 10.0 Å². The number of halogens is 2. The van der Waals surface area contributed by atoms with Crippen molar-refractivity contribution in [3.05, 3.63) is 46.2 Å². The number of H-pyrrole nitrogens is 1. The maximum absolute atomic E-state index is 13.1. The highest BCUT2D eigenvalue weighted by molar-refractivity contribution is 7.91. The number of aromatic carboxylic acids is 1. The quantitative estimate of drug-likeness (QED) is 0.567. The van der Waals surface area contributed by atoms with Crippen LogP contribution in [0.2, 0.25) is 5.15 Å². The van der Waals surface area contributed by atoms with Gasteiger partial charge in [0.15, 0.2) is 15.2 Å². The molecule has 0 aliphatic carbocycles. The van der Waals surface area contributed by atoms with Crippen LogP contribution in [0.4, 0.5) is 4.39 Å². The first-order valence-electron chi connectivity index (χ1n) is 9.23. The molecule has 0 radical (unpaired) electrons. The van der Waals surface area contributed by atoms with E-state index in [4.69, 9.17) is 16.7 Å². The Morgan fingerprint density at radius 2 is 2.13 bits per heavy atom. The largest absolute Gasteiger partial charge is 0.476 e. The number of rotatable bonds is 5. The van der Waals surface area contributed by atoms with E-state index in [1.165, 1.54) is 16.4 Å². The normalized spacial score (nSPS) is 20.1. The fourth-order valence-electron chi connectivity index (χ4n) is 3.61. The first kappa shape index (κ1) is 21.8. The molecule has 4 rings (SSSR count). The lowest BCUT2D eigenvalue weighted by Crippen LogP contribution is -2.42. The number of hydrogen-bond acceptors (Lipinski definition) is 7. The summed E-state index contributed by atoms with van der Waals surface area (Å²) >= 11 is 6.97. The van der Waals surface area contributed by atoms with Gasteiger partial charge in [0.05, 0.1) is 18.1 Å². The Hall–Kier alpha value is -2.41. The molecule has 0 saturated carbocycles. The Kier molecular flexibility index (Phi) is 5.81. The van der Waals surface area contributed by atoms with Crippen LogP contribution in [0.25, 0.3) is 11.5 Å². The van der Waals surface area contributed by atoms with Gasteiger partial charge in [0, 0.05) is 19.0 Å². The van der Waals surface area contributed by atoms with E-state index in [1.807, 2.05) is 6.92 Å². The minimum atomic E-state index is -3.84. The van der Waals surface area contributed by atoms with E-state index in [9.17, 15) is 17.6 Å². The van der Waals surface area contributed by atoms with Gasteiger partial charge in [-0.05, 0) is 24.5 Å². The highest BCUT2D eigenvalue weighted by Gasteiger charge is 2.37. The molecule has 3 aromatic rings. The molecule has 0 unspecified atom stereocenters. The van der Waals surface area contributed by atoms with E-state index >= 15 is 0 Å². The van der Waals surface area contributed by atoms with Crippen LogP contribution in [0, 0.1) is 11.7 Å². The fourth-order valence-corrected chi connectivity index (χ4v) is 6.56. The number of aromatic amines is 1. The lowest BCUT2D eigenvalue weighted by molar-refractivity contribution is 0.0696. The van der Waals surface area contributed by atoms with Crippen molar-refractivity contribution < 1.29 is 22.7 Å². The third-order valence-electron chi connectivity index (χ3n) is 5.16. The van der Waals surface area contributed by atoms with Crippen LogP contribution >= 0.6 is 22.9 Å². The van der Waals surface area contributed by atoms with Gasteiger partial charge in [-0.15, -0.1) is 0 Å². The van der Waals surface area contributed by atoms with Crippen molar-refractivity contribution in [3.8, 4) is 11.5 Å². The summed E-state index contributed by atoms with van der Waals surface area (Å²) in [5.41, 5.74) is 1.12. The Labute approximate surface area is 186 Å². The molecule has 3 aromatic heterocycles. The van der Waals surface area contributed by atoms with Gasteiger partial charge in [0.1, 0.15) is 11.5 Å². The highest BCUT2D eigenvalue weighted by atomic mass is 35.5. The number of carbonyl (C=O) groups is 1.